The number of aliphatic hydroxyl groups is 1. The zero-order valence-electron chi connectivity index (χ0n) is 12.9. The highest BCUT2D eigenvalue weighted by Crippen LogP contribution is 2.33. The molecule has 2 heterocycles. The number of hydrogen-bond donors (Lipinski definition) is 1. The molecule has 1 aromatic heterocycles. The summed E-state index contributed by atoms with van der Waals surface area (Å²) in [6.45, 7) is 5.63. The molecule has 1 aliphatic carbocycles. The van der Waals surface area contributed by atoms with Crippen molar-refractivity contribution in [3.05, 3.63) is 0 Å². The standard InChI is InChI=1S/C14H23N5OS/c1-4-18(9(2)20)11-7-5-6-10-8-19-13(15-12(10)11)16-14(17-19)21-3/h9-11,20H,4-8H2,1-3H3. The van der Waals surface area contributed by atoms with Crippen LogP contribution in [0, 0.1) is 5.92 Å². The van der Waals surface area contributed by atoms with Crippen molar-refractivity contribution < 1.29 is 5.11 Å². The van der Waals surface area contributed by atoms with Gasteiger partial charge in [0.1, 0.15) is 6.23 Å². The Morgan fingerprint density at radius 1 is 1.48 bits per heavy atom. The minimum absolute atomic E-state index is 0.233. The second kappa shape index (κ2) is 6.06. The van der Waals surface area contributed by atoms with Gasteiger partial charge < -0.3 is 5.11 Å². The average molecular weight is 309 g/mol. The Morgan fingerprint density at radius 3 is 2.95 bits per heavy atom. The molecule has 3 unspecified atom stereocenters. The lowest BCUT2D eigenvalue weighted by atomic mass is 9.82. The molecule has 21 heavy (non-hydrogen) atoms. The predicted octanol–water partition coefficient (Wildman–Crippen LogP) is 1.91. The monoisotopic (exact) mass is 309 g/mol. The van der Waals surface area contributed by atoms with Crippen molar-refractivity contribution in [2.24, 2.45) is 10.9 Å². The van der Waals surface area contributed by atoms with Gasteiger partial charge >= 0.3 is 0 Å². The molecule has 1 N–H and O–H groups in total. The van der Waals surface area contributed by atoms with E-state index in [9.17, 15) is 5.11 Å². The number of thioether (sulfide) groups is 1. The predicted molar refractivity (Wildman–Crippen MR) is 84.1 cm³/mol. The molecule has 116 valence electrons. The quantitative estimate of drug-likeness (QED) is 0.680. The molecule has 6 nitrogen and oxygen atoms in total. The van der Waals surface area contributed by atoms with Gasteiger partial charge in [0.2, 0.25) is 11.1 Å². The maximum Gasteiger partial charge on any atom is 0.248 e. The van der Waals surface area contributed by atoms with E-state index in [1.165, 1.54) is 12.1 Å². The topological polar surface area (TPSA) is 66.5 Å². The van der Waals surface area contributed by atoms with E-state index in [2.05, 4.69) is 21.9 Å². The van der Waals surface area contributed by atoms with Crippen LogP contribution >= 0.6 is 11.8 Å². The minimum Gasteiger partial charge on any atom is -0.379 e. The van der Waals surface area contributed by atoms with Crippen LogP contribution in [0.3, 0.4) is 0 Å². The lowest BCUT2D eigenvalue weighted by molar-refractivity contribution is 0.00281. The largest absolute Gasteiger partial charge is 0.379 e. The maximum absolute atomic E-state index is 10.0. The van der Waals surface area contributed by atoms with Crippen LogP contribution in [-0.4, -0.2) is 55.6 Å². The lowest BCUT2D eigenvalue weighted by Gasteiger charge is -2.40. The van der Waals surface area contributed by atoms with Crippen molar-refractivity contribution in [3.8, 4) is 0 Å². The summed E-state index contributed by atoms with van der Waals surface area (Å²) in [7, 11) is 0. The highest BCUT2D eigenvalue weighted by Gasteiger charge is 2.37. The van der Waals surface area contributed by atoms with Crippen LogP contribution in [0.5, 0.6) is 0 Å². The first-order valence-electron chi connectivity index (χ1n) is 7.65. The Kier molecular flexibility index (Phi) is 4.33. The van der Waals surface area contributed by atoms with Crippen LogP contribution in [0.4, 0.5) is 5.95 Å². The molecule has 1 aromatic rings. The van der Waals surface area contributed by atoms with Gasteiger partial charge in [0.15, 0.2) is 0 Å². The third-order valence-corrected chi connectivity index (χ3v) is 5.01. The first kappa shape index (κ1) is 15.0. The Morgan fingerprint density at radius 2 is 2.29 bits per heavy atom. The van der Waals surface area contributed by atoms with Gasteiger partial charge in [0.05, 0.1) is 12.6 Å². The molecule has 1 saturated carbocycles. The SMILES string of the molecule is CCN(C(C)O)C1CCCC2Cn3nc(SC)nc3N=C21. The van der Waals surface area contributed by atoms with Crippen LogP contribution in [0.15, 0.2) is 10.1 Å². The molecular weight excluding hydrogens is 286 g/mol. The number of nitrogens with zero attached hydrogens (tertiary/aromatic N) is 5. The van der Waals surface area contributed by atoms with Crippen LogP contribution in [0.2, 0.25) is 0 Å². The van der Waals surface area contributed by atoms with Gasteiger partial charge in [-0.2, -0.15) is 4.98 Å². The summed E-state index contributed by atoms with van der Waals surface area (Å²) in [4.78, 5) is 11.4. The number of aromatic nitrogens is 3. The number of rotatable bonds is 4. The van der Waals surface area contributed by atoms with Crippen LogP contribution < -0.4 is 0 Å². The van der Waals surface area contributed by atoms with E-state index in [4.69, 9.17) is 4.99 Å². The van der Waals surface area contributed by atoms with E-state index in [0.717, 1.165) is 37.0 Å². The summed E-state index contributed by atoms with van der Waals surface area (Å²) < 4.78 is 1.93. The fraction of sp³-hybridized carbons (Fsp3) is 0.786. The molecule has 7 heteroatoms. The van der Waals surface area contributed by atoms with E-state index in [1.54, 1.807) is 11.8 Å². The van der Waals surface area contributed by atoms with E-state index < -0.39 is 6.23 Å². The number of aliphatic imine (C=N–C) groups is 1. The highest BCUT2D eigenvalue weighted by molar-refractivity contribution is 7.98. The van der Waals surface area contributed by atoms with Gasteiger partial charge in [-0.15, -0.1) is 5.10 Å². The second-order valence-corrected chi connectivity index (χ2v) is 6.50. The minimum atomic E-state index is -0.442. The fourth-order valence-corrected chi connectivity index (χ4v) is 3.84. The lowest BCUT2D eigenvalue weighted by Crippen LogP contribution is -2.51. The summed E-state index contributed by atoms with van der Waals surface area (Å²) in [6.07, 6.45) is 4.94. The normalized spacial score (nSPS) is 26.2. The average Bonchev–Trinajstić information content (AvgIpc) is 2.87. The molecule has 0 spiro atoms. The van der Waals surface area contributed by atoms with Gasteiger partial charge in [0, 0.05) is 11.6 Å². The fourth-order valence-electron chi connectivity index (χ4n) is 3.49. The maximum atomic E-state index is 10.0. The van der Waals surface area contributed by atoms with E-state index in [1.807, 2.05) is 17.9 Å². The highest BCUT2D eigenvalue weighted by atomic mass is 32.2. The zero-order chi connectivity index (χ0) is 15.0. The van der Waals surface area contributed by atoms with Crippen LogP contribution in [0.25, 0.3) is 0 Å². The van der Waals surface area contributed by atoms with Crippen LogP contribution in [-0.2, 0) is 6.54 Å². The van der Waals surface area contributed by atoms with Gasteiger partial charge in [0.25, 0.3) is 0 Å². The Balaban J connectivity index is 1.94. The molecule has 0 radical (unpaired) electrons. The summed E-state index contributed by atoms with van der Waals surface area (Å²) in [5.41, 5.74) is 1.19. The Hall–Kier alpha value is -0.920. The molecule has 1 aliphatic heterocycles. The molecule has 2 aliphatic rings. The van der Waals surface area contributed by atoms with E-state index >= 15 is 0 Å². The van der Waals surface area contributed by atoms with Crippen molar-refractivity contribution in [2.75, 3.05) is 12.8 Å². The van der Waals surface area contributed by atoms with Crippen molar-refractivity contribution >= 4 is 23.4 Å². The Labute approximate surface area is 129 Å². The number of aliphatic hydroxyl groups excluding tert-OH is 1. The molecule has 0 saturated heterocycles. The van der Waals surface area contributed by atoms with Crippen molar-refractivity contribution in [2.45, 2.75) is 57.1 Å². The molecule has 0 amide bonds. The summed E-state index contributed by atoms with van der Waals surface area (Å²) in [6, 6.07) is 0.233. The van der Waals surface area contributed by atoms with Gasteiger partial charge in [-0.05, 0) is 32.6 Å². The van der Waals surface area contributed by atoms with Crippen LogP contribution in [0.1, 0.15) is 33.1 Å². The smallest absolute Gasteiger partial charge is 0.248 e. The Bertz CT molecular complexity index is 541. The van der Waals surface area contributed by atoms with E-state index in [0.29, 0.717) is 5.92 Å². The summed E-state index contributed by atoms with van der Waals surface area (Å²) in [5.74, 6) is 1.15. The third kappa shape index (κ3) is 2.74. The summed E-state index contributed by atoms with van der Waals surface area (Å²) in [5, 5.41) is 15.3. The molecule has 0 bridgehead atoms. The second-order valence-electron chi connectivity index (χ2n) is 5.72. The van der Waals surface area contributed by atoms with Gasteiger partial charge in [-0.1, -0.05) is 25.1 Å². The summed E-state index contributed by atoms with van der Waals surface area (Å²) >= 11 is 1.55. The van der Waals surface area contributed by atoms with Crippen molar-refractivity contribution in [1.29, 1.82) is 0 Å². The third-order valence-electron chi connectivity index (χ3n) is 4.47. The molecule has 3 rings (SSSR count). The zero-order valence-corrected chi connectivity index (χ0v) is 13.7. The van der Waals surface area contributed by atoms with E-state index in [-0.39, 0.29) is 6.04 Å². The number of fused-ring (bicyclic) bond motifs is 2. The van der Waals surface area contributed by atoms with Crippen molar-refractivity contribution in [1.82, 2.24) is 19.7 Å². The molecular formula is C14H23N5OS. The first-order valence-corrected chi connectivity index (χ1v) is 8.87. The molecule has 3 atom stereocenters. The van der Waals surface area contributed by atoms with Gasteiger partial charge in [-0.3, -0.25) is 4.90 Å². The van der Waals surface area contributed by atoms with Crippen molar-refractivity contribution in [3.63, 3.8) is 0 Å². The first-order chi connectivity index (χ1) is 10.1. The molecule has 0 aromatic carbocycles. The van der Waals surface area contributed by atoms with Gasteiger partial charge in [-0.25, -0.2) is 9.67 Å². The number of hydrogen-bond acceptors (Lipinski definition) is 6. The molecule has 1 fully saturated rings.